The van der Waals surface area contributed by atoms with Crippen LogP contribution in [-0.4, -0.2) is 33.4 Å². The summed E-state index contributed by atoms with van der Waals surface area (Å²) in [6.07, 6.45) is 5.46. The number of aromatic amines is 1. The van der Waals surface area contributed by atoms with E-state index in [1.807, 2.05) is 32.9 Å². The predicted octanol–water partition coefficient (Wildman–Crippen LogP) is 1.73. The predicted molar refractivity (Wildman–Crippen MR) is 64.3 cm³/mol. The number of alkyl carbamates (subject to hydrolysis) is 1. The van der Waals surface area contributed by atoms with Crippen molar-refractivity contribution >= 4 is 12.2 Å². The molecule has 0 spiro atoms. The lowest BCUT2D eigenvalue weighted by Crippen LogP contribution is -2.32. The summed E-state index contributed by atoms with van der Waals surface area (Å²) in [5.74, 6) is 0.697. The highest BCUT2D eigenvalue weighted by Gasteiger charge is 2.14. The highest BCUT2D eigenvalue weighted by molar-refractivity contribution is 5.67. The van der Waals surface area contributed by atoms with Gasteiger partial charge in [-0.15, -0.1) is 0 Å². The third-order valence-electron chi connectivity index (χ3n) is 1.69. The van der Waals surface area contributed by atoms with Crippen LogP contribution in [0.2, 0.25) is 0 Å². The van der Waals surface area contributed by atoms with Crippen molar-refractivity contribution in [3.8, 4) is 0 Å². The van der Waals surface area contributed by atoms with Gasteiger partial charge in [0.1, 0.15) is 17.8 Å². The van der Waals surface area contributed by atoms with Gasteiger partial charge in [0, 0.05) is 6.54 Å². The van der Waals surface area contributed by atoms with Crippen molar-refractivity contribution in [3.05, 3.63) is 18.2 Å². The molecule has 6 heteroatoms. The van der Waals surface area contributed by atoms with E-state index in [-0.39, 0.29) is 0 Å². The molecule has 0 unspecified atom stereocenters. The Bertz CT molecular complexity index is 365. The smallest absolute Gasteiger partial charge is 0.407 e. The van der Waals surface area contributed by atoms with Crippen molar-refractivity contribution in [1.29, 1.82) is 0 Å². The Morgan fingerprint density at radius 3 is 2.94 bits per heavy atom. The van der Waals surface area contributed by atoms with Gasteiger partial charge in [-0.3, -0.25) is 5.10 Å². The normalized spacial score (nSPS) is 11.7. The summed E-state index contributed by atoms with van der Waals surface area (Å²) in [6, 6.07) is 0. The van der Waals surface area contributed by atoms with Crippen LogP contribution in [-0.2, 0) is 4.74 Å². The average molecular weight is 238 g/mol. The van der Waals surface area contributed by atoms with Crippen molar-refractivity contribution in [3.63, 3.8) is 0 Å². The molecule has 1 aromatic heterocycles. The Morgan fingerprint density at radius 1 is 1.59 bits per heavy atom. The number of ether oxygens (including phenoxy) is 1. The Labute approximate surface area is 100 Å². The average Bonchev–Trinajstić information content (AvgIpc) is 2.67. The second-order valence-electron chi connectivity index (χ2n) is 4.49. The highest BCUT2D eigenvalue weighted by Crippen LogP contribution is 2.06. The SMILES string of the molecule is CC(C)(C)OC(=O)NCCC=Cc1ncn[nH]1. The van der Waals surface area contributed by atoms with E-state index in [0.29, 0.717) is 18.8 Å². The summed E-state index contributed by atoms with van der Waals surface area (Å²) in [5, 5.41) is 9.08. The van der Waals surface area contributed by atoms with Crippen LogP contribution < -0.4 is 5.32 Å². The number of amides is 1. The summed E-state index contributed by atoms with van der Waals surface area (Å²) in [6.45, 7) is 6.02. The molecule has 17 heavy (non-hydrogen) atoms. The van der Waals surface area contributed by atoms with E-state index in [1.54, 1.807) is 0 Å². The maximum Gasteiger partial charge on any atom is 0.407 e. The molecule has 1 rings (SSSR count). The molecule has 0 aliphatic heterocycles. The molecule has 1 aromatic rings. The molecule has 94 valence electrons. The first-order valence-electron chi connectivity index (χ1n) is 5.46. The Kier molecular flexibility index (Phi) is 4.68. The maximum absolute atomic E-state index is 11.3. The molecule has 0 fully saturated rings. The minimum Gasteiger partial charge on any atom is -0.444 e. The monoisotopic (exact) mass is 238 g/mol. The van der Waals surface area contributed by atoms with Crippen molar-refractivity contribution in [1.82, 2.24) is 20.5 Å². The van der Waals surface area contributed by atoms with Crippen LogP contribution >= 0.6 is 0 Å². The minimum absolute atomic E-state index is 0.398. The van der Waals surface area contributed by atoms with Crippen LogP contribution in [0.4, 0.5) is 4.79 Å². The van der Waals surface area contributed by atoms with E-state index in [2.05, 4.69) is 20.5 Å². The number of aromatic nitrogens is 3. The van der Waals surface area contributed by atoms with Gasteiger partial charge in [0.05, 0.1) is 0 Å². The summed E-state index contributed by atoms with van der Waals surface area (Å²) in [5.41, 5.74) is -0.459. The van der Waals surface area contributed by atoms with Gasteiger partial charge in [0.25, 0.3) is 0 Å². The Hall–Kier alpha value is -1.85. The van der Waals surface area contributed by atoms with Gasteiger partial charge in [-0.1, -0.05) is 6.08 Å². The highest BCUT2D eigenvalue weighted by atomic mass is 16.6. The second kappa shape index (κ2) is 6.03. The van der Waals surface area contributed by atoms with Crippen LogP contribution in [0.5, 0.6) is 0 Å². The molecule has 6 nitrogen and oxygen atoms in total. The molecule has 0 saturated heterocycles. The van der Waals surface area contributed by atoms with E-state index in [0.717, 1.165) is 0 Å². The lowest BCUT2D eigenvalue weighted by atomic mass is 10.2. The van der Waals surface area contributed by atoms with Crippen molar-refractivity contribution in [2.75, 3.05) is 6.54 Å². The fraction of sp³-hybridized carbons (Fsp3) is 0.545. The largest absolute Gasteiger partial charge is 0.444 e. The molecular weight excluding hydrogens is 220 g/mol. The van der Waals surface area contributed by atoms with E-state index in [4.69, 9.17) is 4.74 Å². The molecule has 0 atom stereocenters. The third-order valence-corrected chi connectivity index (χ3v) is 1.69. The van der Waals surface area contributed by atoms with E-state index < -0.39 is 11.7 Å². The van der Waals surface area contributed by atoms with E-state index >= 15 is 0 Å². The number of carbonyl (C=O) groups excluding carboxylic acids is 1. The molecule has 1 heterocycles. The van der Waals surface area contributed by atoms with Crippen LogP contribution in [0.3, 0.4) is 0 Å². The molecule has 0 radical (unpaired) electrons. The number of nitrogens with one attached hydrogen (secondary N) is 2. The number of carbonyl (C=O) groups is 1. The lowest BCUT2D eigenvalue weighted by Gasteiger charge is -2.19. The zero-order chi connectivity index (χ0) is 12.7. The van der Waals surface area contributed by atoms with Gasteiger partial charge in [-0.05, 0) is 33.3 Å². The van der Waals surface area contributed by atoms with Gasteiger partial charge in [-0.25, -0.2) is 9.78 Å². The van der Waals surface area contributed by atoms with E-state index in [9.17, 15) is 4.79 Å². The summed E-state index contributed by atoms with van der Waals surface area (Å²) in [7, 11) is 0. The molecule has 0 saturated carbocycles. The quantitative estimate of drug-likeness (QED) is 0.783. The van der Waals surface area contributed by atoms with Crippen LogP contribution in [0.1, 0.15) is 33.0 Å². The molecule has 1 amide bonds. The topological polar surface area (TPSA) is 79.9 Å². The Morgan fingerprint density at radius 2 is 2.35 bits per heavy atom. The first kappa shape index (κ1) is 13.2. The Balaban J connectivity index is 2.14. The van der Waals surface area contributed by atoms with Crippen LogP contribution in [0.15, 0.2) is 12.4 Å². The van der Waals surface area contributed by atoms with Crippen molar-refractivity contribution < 1.29 is 9.53 Å². The first-order chi connectivity index (χ1) is 7.97. The molecule has 0 bridgehead atoms. The number of hydrogen-bond acceptors (Lipinski definition) is 4. The number of nitrogens with zero attached hydrogens (tertiary/aromatic N) is 2. The van der Waals surface area contributed by atoms with Crippen LogP contribution in [0, 0.1) is 0 Å². The van der Waals surface area contributed by atoms with Crippen molar-refractivity contribution in [2.24, 2.45) is 0 Å². The molecule has 0 aliphatic rings. The molecule has 2 N–H and O–H groups in total. The van der Waals surface area contributed by atoms with Gasteiger partial charge >= 0.3 is 6.09 Å². The van der Waals surface area contributed by atoms with Gasteiger partial charge < -0.3 is 10.1 Å². The standard InChI is InChI=1S/C11H18N4O2/c1-11(2,3)17-10(16)12-7-5-4-6-9-13-8-14-15-9/h4,6,8H,5,7H2,1-3H3,(H,12,16)(H,13,14,15). The zero-order valence-corrected chi connectivity index (χ0v) is 10.4. The zero-order valence-electron chi connectivity index (χ0n) is 10.4. The van der Waals surface area contributed by atoms with Crippen LogP contribution in [0.25, 0.3) is 6.08 Å². The summed E-state index contributed by atoms with van der Waals surface area (Å²) >= 11 is 0. The van der Waals surface area contributed by atoms with E-state index in [1.165, 1.54) is 6.33 Å². The number of H-pyrrole nitrogens is 1. The third kappa shape index (κ3) is 6.34. The summed E-state index contributed by atoms with van der Waals surface area (Å²) < 4.78 is 5.09. The van der Waals surface area contributed by atoms with Gasteiger partial charge in [-0.2, -0.15) is 5.10 Å². The number of rotatable bonds is 4. The van der Waals surface area contributed by atoms with Gasteiger partial charge in [0.15, 0.2) is 0 Å². The molecule has 0 aliphatic carbocycles. The fourth-order valence-corrected chi connectivity index (χ4v) is 1.06. The molecule has 0 aromatic carbocycles. The minimum atomic E-state index is -0.459. The lowest BCUT2D eigenvalue weighted by molar-refractivity contribution is 0.0529. The second-order valence-corrected chi connectivity index (χ2v) is 4.49. The van der Waals surface area contributed by atoms with Crippen molar-refractivity contribution in [2.45, 2.75) is 32.8 Å². The number of hydrogen-bond donors (Lipinski definition) is 2. The molecular formula is C11H18N4O2. The maximum atomic E-state index is 11.3. The van der Waals surface area contributed by atoms with Gasteiger partial charge in [0.2, 0.25) is 0 Å². The first-order valence-corrected chi connectivity index (χ1v) is 5.46. The fourth-order valence-electron chi connectivity index (χ4n) is 1.06. The summed E-state index contributed by atoms with van der Waals surface area (Å²) in [4.78, 5) is 15.2.